The lowest BCUT2D eigenvalue weighted by Gasteiger charge is -2.39. The van der Waals surface area contributed by atoms with Crippen molar-refractivity contribution in [3.8, 4) is 5.75 Å². The maximum absolute atomic E-state index is 13.7. The Bertz CT molecular complexity index is 1300. The van der Waals surface area contributed by atoms with Gasteiger partial charge >= 0.3 is 0 Å². The van der Waals surface area contributed by atoms with Crippen LogP contribution in [0, 0.1) is 18.8 Å². The fourth-order valence-corrected chi connectivity index (χ4v) is 5.81. The average molecular weight is 513 g/mol. The fourth-order valence-electron chi connectivity index (χ4n) is 5.81. The van der Waals surface area contributed by atoms with E-state index in [-0.39, 0.29) is 30.4 Å². The first kappa shape index (κ1) is 24.8. The minimum atomic E-state index is -0.176. The van der Waals surface area contributed by atoms with E-state index in [0.717, 1.165) is 55.5 Å². The molecule has 0 saturated heterocycles. The Morgan fingerprint density at radius 2 is 1.79 bits per heavy atom. The van der Waals surface area contributed by atoms with Crippen molar-refractivity contribution < 1.29 is 18.7 Å². The molecule has 1 aromatic heterocycles. The summed E-state index contributed by atoms with van der Waals surface area (Å²) in [5.74, 6) is 2.51. The highest BCUT2D eigenvalue weighted by molar-refractivity contribution is 5.91. The molecule has 0 radical (unpaired) electrons. The molecule has 2 amide bonds. The lowest BCUT2D eigenvalue weighted by Crippen LogP contribution is -2.43. The Labute approximate surface area is 224 Å². The topological polar surface area (TPSA) is 71.8 Å². The monoisotopic (exact) mass is 512 g/mol. The van der Waals surface area contributed by atoms with Crippen LogP contribution >= 0.6 is 0 Å². The number of aryl methyl sites for hydroxylation is 1. The van der Waals surface area contributed by atoms with E-state index >= 15 is 0 Å². The van der Waals surface area contributed by atoms with E-state index in [0.29, 0.717) is 24.0 Å². The van der Waals surface area contributed by atoms with E-state index < -0.39 is 0 Å². The molecule has 2 aromatic carbocycles. The lowest BCUT2D eigenvalue weighted by molar-refractivity contribution is -0.137. The maximum Gasteiger partial charge on any atom is 0.287 e. The van der Waals surface area contributed by atoms with Crippen molar-refractivity contribution in [1.29, 1.82) is 0 Å². The number of amides is 2. The number of benzene rings is 2. The molecule has 2 heterocycles. The van der Waals surface area contributed by atoms with Crippen LogP contribution in [0.4, 0.5) is 0 Å². The Balaban J connectivity index is 1.21. The van der Waals surface area contributed by atoms with E-state index in [1.807, 2.05) is 6.07 Å². The number of hydrogen-bond acceptors (Lipinski definition) is 4. The molecular formula is C32H36N2O4. The van der Waals surface area contributed by atoms with Crippen LogP contribution < -0.4 is 10.1 Å². The molecule has 2 saturated carbocycles. The summed E-state index contributed by atoms with van der Waals surface area (Å²) < 4.78 is 11.9. The van der Waals surface area contributed by atoms with Crippen LogP contribution in [0.25, 0.3) is 0 Å². The third-order valence-electron chi connectivity index (χ3n) is 8.24. The van der Waals surface area contributed by atoms with Gasteiger partial charge in [-0.15, -0.1) is 0 Å². The number of nitrogens with one attached hydrogen (secondary N) is 1. The van der Waals surface area contributed by atoms with E-state index in [9.17, 15) is 9.59 Å². The normalized spacial score (nSPS) is 19.3. The average Bonchev–Trinajstić information content (AvgIpc) is 3.38. The summed E-state index contributed by atoms with van der Waals surface area (Å²) in [6, 6.07) is 18.1. The van der Waals surface area contributed by atoms with Crippen molar-refractivity contribution in [1.82, 2.24) is 10.2 Å². The first-order valence-corrected chi connectivity index (χ1v) is 14.0. The van der Waals surface area contributed by atoms with Crippen molar-refractivity contribution in [2.24, 2.45) is 11.8 Å². The van der Waals surface area contributed by atoms with Gasteiger partial charge in [0.15, 0.2) is 5.76 Å². The van der Waals surface area contributed by atoms with Gasteiger partial charge in [0.1, 0.15) is 18.1 Å². The molecule has 0 bridgehead atoms. The summed E-state index contributed by atoms with van der Waals surface area (Å²) in [5, 5.41) is 2.93. The highest BCUT2D eigenvalue weighted by atomic mass is 16.5. The molecule has 3 aromatic rings. The number of carbonyl (C=O) groups is 2. The largest absolute Gasteiger partial charge is 0.486 e. The van der Waals surface area contributed by atoms with Gasteiger partial charge in [-0.1, -0.05) is 48.7 Å². The predicted octanol–water partition coefficient (Wildman–Crippen LogP) is 5.97. The van der Waals surface area contributed by atoms with Gasteiger partial charge in [0.05, 0.1) is 6.04 Å². The van der Waals surface area contributed by atoms with Gasteiger partial charge in [0.25, 0.3) is 5.91 Å². The predicted molar refractivity (Wildman–Crippen MR) is 145 cm³/mol. The summed E-state index contributed by atoms with van der Waals surface area (Å²) >= 11 is 0. The van der Waals surface area contributed by atoms with Crippen molar-refractivity contribution in [3.63, 3.8) is 0 Å². The summed E-state index contributed by atoms with van der Waals surface area (Å²) in [5.41, 5.74) is 4.72. The molecule has 198 valence electrons. The van der Waals surface area contributed by atoms with Crippen molar-refractivity contribution in [3.05, 3.63) is 88.4 Å². The molecule has 6 nitrogen and oxygen atoms in total. The Hall–Kier alpha value is -3.54. The quantitative estimate of drug-likeness (QED) is 0.404. The Morgan fingerprint density at radius 1 is 1.00 bits per heavy atom. The van der Waals surface area contributed by atoms with E-state index in [4.69, 9.17) is 9.15 Å². The number of hydrogen-bond donors (Lipinski definition) is 1. The molecule has 38 heavy (non-hydrogen) atoms. The van der Waals surface area contributed by atoms with Crippen LogP contribution in [-0.4, -0.2) is 29.8 Å². The summed E-state index contributed by atoms with van der Waals surface area (Å²) in [7, 11) is 0. The minimum Gasteiger partial charge on any atom is -0.486 e. The van der Waals surface area contributed by atoms with Gasteiger partial charge in [0, 0.05) is 19.0 Å². The van der Waals surface area contributed by atoms with Gasteiger partial charge in [-0.3, -0.25) is 9.59 Å². The second kappa shape index (κ2) is 10.7. The number of furan rings is 1. The van der Waals surface area contributed by atoms with Gasteiger partial charge in [-0.05, 0) is 85.9 Å². The highest BCUT2D eigenvalue weighted by Crippen LogP contribution is 2.40. The number of nitrogens with zero attached hydrogens (tertiary/aromatic N) is 1. The van der Waals surface area contributed by atoms with E-state index in [1.54, 1.807) is 12.1 Å². The number of carbonyl (C=O) groups excluding carboxylic acids is 2. The molecule has 0 spiro atoms. The van der Waals surface area contributed by atoms with Gasteiger partial charge in [-0.25, -0.2) is 0 Å². The molecule has 0 unspecified atom stereocenters. The second-order valence-corrected chi connectivity index (χ2v) is 11.1. The minimum absolute atomic E-state index is 0.124. The van der Waals surface area contributed by atoms with Crippen LogP contribution in [-0.2, 0) is 17.8 Å². The van der Waals surface area contributed by atoms with Crippen LogP contribution in [0.3, 0.4) is 0 Å². The molecule has 1 aliphatic heterocycles. The fraction of sp³-hybridized carbons (Fsp3) is 0.438. The standard InChI is InChI=1S/C32H36N2O4/c1-21-6-10-24(11-7-21)30-28-18-26(13-12-23(28)16-17-34(30)32(36)25-4-2-3-5-25)37-20-27-14-15-29(38-27)31(35)33-19-22-8-9-22/h6-7,10-15,18,22,25,30H,2-5,8-9,16-17,19-20H2,1H3,(H,33,35)/t30-/m1/s1. The lowest BCUT2D eigenvalue weighted by atomic mass is 9.86. The third kappa shape index (κ3) is 5.35. The first-order valence-electron chi connectivity index (χ1n) is 14.0. The molecule has 1 atom stereocenters. The molecule has 2 aliphatic carbocycles. The van der Waals surface area contributed by atoms with Crippen LogP contribution in [0.2, 0.25) is 0 Å². The van der Waals surface area contributed by atoms with E-state index in [1.165, 1.54) is 24.0 Å². The zero-order valence-corrected chi connectivity index (χ0v) is 22.1. The molecule has 6 heteroatoms. The zero-order chi connectivity index (χ0) is 26.1. The highest BCUT2D eigenvalue weighted by Gasteiger charge is 2.36. The van der Waals surface area contributed by atoms with Gasteiger partial charge < -0.3 is 19.4 Å². The summed E-state index contributed by atoms with van der Waals surface area (Å²) in [4.78, 5) is 28.1. The van der Waals surface area contributed by atoms with Crippen molar-refractivity contribution in [2.45, 2.75) is 64.5 Å². The number of fused-ring (bicyclic) bond motifs is 1. The Kier molecular flexibility index (Phi) is 6.96. The van der Waals surface area contributed by atoms with Crippen LogP contribution in [0.1, 0.15) is 83.1 Å². The van der Waals surface area contributed by atoms with Crippen molar-refractivity contribution >= 4 is 11.8 Å². The molecule has 3 aliphatic rings. The summed E-state index contributed by atoms with van der Waals surface area (Å²) in [6.45, 7) is 3.76. The number of rotatable bonds is 8. The van der Waals surface area contributed by atoms with Gasteiger partial charge in [-0.2, -0.15) is 0 Å². The SMILES string of the molecule is Cc1ccc([C@@H]2c3cc(OCc4ccc(C(=O)NCC5CC5)o4)ccc3CCN2C(=O)C2CCCC2)cc1. The molecule has 1 N–H and O–H groups in total. The van der Waals surface area contributed by atoms with Crippen LogP contribution in [0.5, 0.6) is 5.75 Å². The maximum atomic E-state index is 13.7. The van der Waals surface area contributed by atoms with Gasteiger partial charge in [0.2, 0.25) is 5.91 Å². The molecule has 2 fully saturated rings. The van der Waals surface area contributed by atoms with Crippen LogP contribution in [0.15, 0.2) is 59.0 Å². The molecular weight excluding hydrogens is 476 g/mol. The smallest absolute Gasteiger partial charge is 0.287 e. The second-order valence-electron chi connectivity index (χ2n) is 11.1. The summed E-state index contributed by atoms with van der Waals surface area (Å²) in [6.07, 6.45) is 7.50. The molecule has 6 rings (SSSR count). The number of ether oxygens (including phenoxy) is 1. The van der Waals surface area contributed by atoms with Crippen molar-refractivity contribution in [2.75, 3.05) is 13.1 Å². The van der Waals surface area contributed by atoms with E-state index in [2.05, 4.69) is 53.5 Å². The Morgan fingerprint density at radius 3 is 2.55 bits per heavy atom. The first-order chi connectivity index (χ1) is 18.5. The zero-order valence-electron chi connectivity index (χ0n) is 22.1. The third-order valence-corrected chi connectivity index (χ3v) is 8.24.